The Balaban J connectivity index is 1.73. The third kappa shape index (κ3) is 7.63. The number of sulfonamides is 1. The lowest BCUT2D eigenvalue weighted by molar-refractivity contribution is -0.139. The molecule has 1 saturated carbocycles. The molecule has 7 nitrogen and oxygen atoms in total. The summed E-state index contributed by atoms with van der Waals surface area (Å²) >= 11 is 1.06. The smallest absolute Gasteiger partial charge is 0.381 e. The van der Waals surface area contributed by atoms with Crippen molar-refractivity contribution in [2.45, 2.75) is 101 Å². The first-order chi connectivity index (χ1) is 18.8. The maximum atomic E-state index is 14.3. The maximum Gasteiger partial charge on any atom is 0.417 e. The molecule has 0 bridgehead atoms. The fourth-order valence-corrected chi connectivity index (χ4v) is 7.87. The molecule has 0 unspecified atom stereocenters. The molecule has 12 heteroatoms. The number of alkyl halides is 3. The standard InChI is InChI=1S/C28H38F3N3O4S2/c1-4-27(2,3)34-40(36,37)23-11-10-19(17-21(23)28(29,30)31)24-22(16-18-8-6-5-7-9-18)33-26(39-24)25(35)32-20-12-14-38-15-13-20/h10-11,17-18,20,34H,4-9,12-16H2,1-3H3,(H,32,35). The number of amides is 1. The molecular formula is C28H38F3N3O4S2. The highest BCUT2D eigenvalue weighted by Gasteiger charge is 2.39. The zero-order valence-electron chi connectivity index (χ0n) is 23.2. The predicted molar refractivity (Wildman–Crippen MR) is 149 cm³/mol. The molecule has 1 aromatic heterocycles. The number of benzene rings is 1. The van der Waals surface area contributed by atoms with Gasteiger partial charge >= 0.3 is 6.18 Å². The molecule has 2 aromatic rings. The Morgan fingerprint density at radius 3 is 2.40 bits per heavy atom. The molecule has 0 atom stereocenters. The van der Waals surface area contributed by atoms with Crippen molar-refractivity contribution in [2.75, 3.05) is 13.2 Å². The first kappa shape index (κ1) is 30.9. The summed E-state index contributed by atoms with van der Waals surface area (Å²) in [5.74, 6) is -0.0162. The minimum absolute atomic E-state index is 0.0448. The van der Waals surface area contributed by atoms with Crippen molar-refractivity contribution in [2.24, 2.45) is 5.92 Å². The van der Waals surface area contributed by atoms with E-state index in [1.54, 1.807) is 20.8 Å². The third-order valence-corrected chi connectivity index (χ3v) is 10.7. The van der Waals surface area contributed by atoms with Crippen LogP contribution in [0.3, 0.4) is 0 Å². The predicted octanol–water partition coefficient (Wildman–Crippen LogP) is 6.33. The Morgan fingerprint density at radius 1 is 1.10 bits per heavy atom. The van der Waals surface area contributed by atoms with Gasteiger partial charge in [0, 0.05) is 24.8 Å². The van der Waals surface area contributed by atoms with Crippen LogP contribution in [0.15, 0.2) is 23.1 Å². The monoisotopic (exact) mass is 601 g/mol. The van der Waals surface area contributed by atoms with Gasteiger partial charge < -0.3 is 10.1 Å². The van der Waals surface area contributed by atoms with Crippen LogP contribution in [0.2, 0.25) is 0 Å². The topological polar surface area (TPSA) is 97.4 Å². The molecule has 2 aliphatic rings. The number of hydrogen-bond acceptors (Lipinski definition) is 6. The summed E-state index contributed by atoms with van der Waals surface area (Å²) in [5, 5.41) is 3.18. The quantitative estimate of drug-likeness (QED) is 0.350. The van der Waals surface area contributed by atoms with Gasteiger partial charge in [-0.1, -0.05) is 45.1 Å². The summed E-state index contributed by atoms with van der Waals surface area (Å²) in [6.45, 7) is 6.10. The first-order valence-corrected chi connectivity index (χ1v) is 16.2. The number of hydrogen-bond donors (Lipinski definition) is 2. The highest BCUT2D eigenvalue weighted by molar-refractivity contribution is 7.89. The van der Waals surface area contributed by atoms with E-state index >= 15 is 0 Å². The molecule has 4 rings (SSSR count). The molecule has 1 aliphatic heterocycles. The summed E-state index contributed by atoms with van der Waals surface area (Å²) in [4.78, 5) is 17.4. The second-order valence-corrected chi connectivity index (χ2v) is 14.1. The molecule has 1 saturated heterocycles. The Labute approximate surface area is 238 Å². The van der Waals surface area contributed by atoms with Crippen LogP contribution in [0, 0.1) is 5.92 Å². The summed E-state index contributed by atoms with van der Waals surface area (Å²) in [5.41, 5.74) is -1.37. The van der Waals surface area contributed by atoms with E-state index in [4.69, 9.17) is 4.74 Å². The van der Waals surface area contributed by atoms with Crippen LogP contribution >= 0.6 is 11.3 Å². The number of nitrogens with zero attached hydrogens (tertiary/aromatic N) is 1. The Morgan fingerprint density at radius 2 is 1.77 bits per heavy atom. The lowest BCUT2D eigenvalue weighted by Crippen LogP contribution is -2.43. The molecule has 2 heterocycles. The zero-order valence-corrected chi connectivity index (χ0v) is 24.8. The second kappa shape index (κ2) is 12.5. The van der Waals surface area contributed by atoms with Gasteiger partial charge in [0.15, 0.2) is 5.01 Å². The number of nitrogens with one attached hydrogen (secondary N) is 2. The maximum absolute atomic E-state index is 14.3. The lowest BCUT2D eigenvalue weighted by Gasteiger charge is -2.25. The van der Waals surface area contributed by atoms with Gasteiger partial charge in [0.2, 0.25) is 10.0 Å². The fourth-order valence-electron chi connectivity index (χ4n) is 5.18. The van der Waals surface area contributed by atoms with Crippen molar-refractivity contribution in [3.8, 4) is 10.4 Å². The highest BCUT2D eigenvalue weighted by atomic mass is 32.2. The molecule has 222 valence electrons. The summed E-state index contributed by atoms with van der Waals surface area (Å²) in [6.07, 6.45) is 2.77. The molecule has 1 aromatic carbocycles. The number of ether oxygens (including phenoxy) is 1. The van der Waals surface area contributed by atoms with Crippen molar-refractivity contribution >= 4 is 27.3 Å². The van der Waals surface area contributed by atoms with Crippen molar-refractivity contribution in [3.05, 3.63) is 34.5 Å². The molecule has 1 amide bonds. The van der Waals surface area contributed by atoms with Gasteiger partial charge in [0.05, 0.1) is 21.0 Å². The SMILES string of the molecule is CCC(C)(C)NS(=O)(=O)c1ccc(-c2sc(C(=O)NC3CCOCC3)nc2CC2CCCCC2)cc1C(F)(F)F. The number of thiazole rings is 1. The van der Waals surface area contributed by atoms with Crippen molar-refractivity contribution < 1.29 is 31.1 Å². The molecule has 0 radical (unpaired) electrons. The van der Waals surface area contributed by atoms with Gasteiger partial charge in [-0.3, -0.25) is 4.79 Å². The van der Waals surface area contributed by atoms with Crippen LogP contribution in [0.5, 0.6) is 0 Å². The van der Waals surface area contributed by atoms with E-state index in [9.17, 15) is 26.4 Å². The van der Waals surface area contributed by atoms with Crippen molar-refractivity contribution in [1.82, 2.24) is 15.0 Å². The van der Waals surface area contributed by atoms with Crippen molar-refractivity contribution in [1.29, 1.82) is 0 Å². The van der Waals surface area contributed by atoms with E-state index in [1.165, 1.54) is 6.07 Å². The number of halogens is 3. The summed E-state index contributed by atoms with van der Waals surface area (Å²) in [6, 6.07) is 3.24. The van der Waals surface area contributed by atoms with Crippen molar-refractivity contribution in [3.63, 3.8) is 0 Å². The number of carbonyl (C=O) groups is 1. The van der Waals surface area contributed by atoms with Crippen LogP contribution in [-0.2, 0) is 27.4 Å². The first-order valence-electron chi connectivity index (χ1n) is 13.9. The highest BCUT2D eigenvalue weighted by Crippen LogP contribution is 2.41. The minimum atomic E-state index is -4.91. The van der Waals surface area contributed by atoms with E-state index < -0.39 is 32.2 Å². The zero-order chi connectivity index (χ0) is 29.1. The van der Waals surface area contributed by atoms with E-state index in [2.05, 4.69) is 15.0 Å². The largest absolute Gasteiger partial charge is 0.417 e. The van der Waals surface area contributed by atoms with Crippen LogP contribution in [0.4, 0.5) is 13.2 Å². The van der Waals surface area contributed by atoms with Gasteiger partial charge in [0.25, 0.3) is 5.91 Å². The summed E-state index contributed by atoms with van der Waals surface area (Å²) < 4.78 is 76.7. The minimum Gasteiger partial charge on any atom is -0.381 e. The van der Waals surface area contributed by atoms with Gasteiger partial charge in [-0.25, -0.2) is 18.1 Å². The van der Waals surface area contributed by atoms with Crippen LogP contribution in [0.25, 0.3) is 10.4 Å². The number of aromatic nitrogens is 1. The van der Waals surface area contributed by atoms with E-state index in [0.717, 1.165) is 55.6 Å². The van der Waals surface area contributed by atoms with Crippen LogP contribution in [-0.4, -0.2) is 44.1 Å². The fraction of sp³-hybridized carbons (Fsp3) is 0.643. The lowest BCUT2D eigenvalue weighted by atomic mass is 9.85. The van der Waals surface area contributed by atoms with Gasteiger partial charge in [0.1, 0.15) is 0 Å². The number of rotatable bonds is 9. The molecule has 1 aliphatic carbocycles. The Bertz CT molecular complexity index is 1300. The van der Waals surface area contributed by atoms with Crippen LogP contribution < -0.4 is 10.0 Å². The van der Waals surface area contributed by atoms with E-state index in [-0.39, 0.29) is 22.5 Å². The van der Waals surface area contributed by atoms with Gasteiger partial charge in [-0.2, -0.15) is 13.2 Å². The molecule has 2 N–H and O–H groups in total. The third-order valence-electron chi connectivity index (χ3n) is 7.79. The van der Waals surface area contributed by atoms with Gasteiger partial charge in [-0.05, 0) is 63.1 Å². The molecule has 0 spiro atoms. The Hall–Kier alpha value is -2.02. The average Bonchev–Trinajstić information content (AvgIpc) is 3.32. The molecule has 2 fully saturated rings. The average molecular weight is 602 g/mol. The Kier molecular flexibility index (Phi) is 9.64. The molecular weight excluding hydrogens is 563 g/mol. The summed E-state index contributed by atoms with van der Waals surface area (Å²) in [7, 11) is -4.46. The van der Waals surface area contributed by atoms with Gasteiger partial charge in [-0.15, -0.1) is 11.3 Å². The molecule has 40 heavy (non-hydrogen) atoms. The van der Waals surface area contributed by atoms with E-state index in [1.807, 2.05) is 0 Å². The van der Waals surface area contributed by atoms with E-state index in [0.29, 0.717) is 55.4 Å². The normalized spacial score (nSPS) is 18.1. The number of carbonyl (C=O) groups excluding carboxylic acids is 1. The van der Waals surface area contributed by atoms with Crippen LogP contribution in [0.1, 0.15) is 93.2 Å². The second-order valence-electron chi connectivity index (χ2n) is 11.4.